The number of nitrogens with one attached hydrogen (secondary N) is 2. The van der Waals surface area contributed by atoms with Crippen LogP contribution in [0.15, 0.2) is 65.7 Å². The van der Waals surface area contributed by atoms with Gasteiger partial charge in [-0.25, -0.2) is 13.2 Å². The third-order valence-electron chi connectivity index (χ3n) is 7.56. The van der Waals surface area contributed by atoms with Crippen LogP contribution in [0.1, 0.15) is 30.0 Å². The molecule has 0 bridgehead atoms. The van der Waals surface area contributed by atoms with Crippen LogP contribution in [0.5, 0.6) is 0 Å². The Labute approximate surface area is 226 Å². The average molecular weight is 543 g/mol. The van der Waals surface area contributed by atoms with Crippen molar-refractivity contribution in [3.8, 4) is 16.8 Å². The summed E-state index contributed by atoms with van der Waals surface area (Å²) in [5.41, 5.74) is 6.82. The van der Waals surface area contributed by atoms with Crippen molar-refractivity contribution in [1.82, 2.24) is 24.4 Å². The number of anilines is 1. The molecule has 1 saturated heterocycles. The third kappa shape index (κ3) is 4.70. The van der Waals surface area contributed by atoms with Gasteiger partial charge in [-0.2, -0.15) is 0 Å². The van der Waals surface area contributed by atoms with E-state index in [1.54, 1.807) is 41.6 Å². The van der Waals surface area contributed by atoms with E-state index in [2.05, 4.69) is 32.1 Å². The van der Waals surface area contributed by atoms with Crippen LogP contribution in [0.2, 0.25) is 0 Å². The number of fused-ring (bicyclic) bond motifs is 3. The van der Waals surface area contributed by atoms with Gasteiger partial charge < -0.3 is 5.32 Å². The van der Waals surface area contributed by atoms with Gasteiger partial charge in [0, 0.05) is 24.2 Å². The predicted molar refractivity (Wildman–Crippen MR) is 155 cm³/mol. The van der Waals surface area contributed by atoms with Gasteiger partial charge in [0.05, 0.1) is 46.1 Å². The molecule has 0 atom stereocenters. The molecule has 9 nitrogen and oxygen atoms in total. The van der Waals surface area contributed by atoms with E-state index in [0.29, 0.717) is 17.3 Å². The zero-order chi connectivity index (χ0) is 27.3. The van der Waals surface area contributed by atoms with Crippen molar-refractivity contribution in [3.63, 3.8) is 0 Å². The molecule has 0 amide bonds. The molecule has 200 valence electrons. The van der Waals surface area contributed by atoms with Gasteiger partial charge in [0.15, 0.2) is 0 Å². The Bertz CT molecular complexity index is 1890. The summed E-state index contributed by atoms with van der Waals surface area (Å²) in [6, 6.07) is 15.9. The standard InChI is InChI=1S/C29H30N6O3S/c1-18-26(33-39(3,37)38)15-22(16-31-18)21-6-9-25-24(14-21)28-27(17-32-25)34(2)29(36)35(28)23-7-4-19(5-8-23)20-10-12-30-13-11-20/h4-9,14-17,20,30,33H,10-13H2,1-3H3. The number of piperidine rings is 1. The number of hydrogen-bond donors (Lipinski definition) is 2. The van der Waals surface area contributed by atoms with Crippen LogP contribution >= 0.6 is 0 Å². The fourth-order valence-electron chi connectivity index (χ4n) is 5.46. The first-order valence-electron chi connectivity index (χ1n) is 13.0. The number of aromatic nitrogens is 4. The molecule has 0 spiro atoms. The molecule has 0 saturated carbocycles. The number of benzene rings is 2. The highest BCUT2D eigenvalue weighted by atomic mass is 32.2. The van der Waals surface area contributed by atoms with Crippen molar-refractivity contribution >= 4 is 37.6 Å². The normalized spacial score (nSPS) is 14.7. The van der Waals surface area contributed by atoms with Gasteiger partial charge in [-0.15, -0.1) is 0 Å². The van der Waals surface area contributed by atoms with Crippen molar-refractivity contribution in [2.45, 2.75) is 25.7 Å². The number of sulfonamides is 1. The summed E-state index contributed by atoms with van der Waals surface area (Å²) in [6.07, 6.45) is 6.80. The first kappa shape index (κ1) is 25.3. The van der Waals surface area contributed by atoms with Crippen molar-refractivity contribution in [3.05, 3.63) is 82.7 Å². The summed E-state index contributed by atoms with van der Waals surface area (Å²) in [5, 5.41) is 4.24. The maximum atomic E-state index is 13.5. The summed E-state index contributed by atoms with van der Waals surface area (Å²) in [6.45, 7) is 3.81. The smallest absolute Gasteiger partial charge is 0.317 e. The lowest BCUT2D eigenvalue weighted by atomic mass is 9.90. The Hall–Kier alpha value is -4.02. The number of nitrogens with zero attached hydrogens (tertiary/aromatic N) is 4. The molecule has 4 heterocycles. The quantitative estimate of drug-likeness (QED) is 0.346. The highest BCUT2D eigenvalue weighted by Crippen LogP contribution is 2.32. The first-order valence-corrected chi connectivity index (χ1v) is 14.8. The van der Waals surface area contributed by atoms with Crippen LogP contribution in [0.25, 0.3) is 38.8 Å². The second kappa shape index (κ2) is 9.62. The maximum Gasteiger partial charge on any atom is 0.333 e. The highest BCUT2D eigenvalue weighted by molar-refractivity contribution is 7.92. The molecule has 3 aromatic heterocycles. The van der Waals surface area contributed by atoms with Crippen molar-refractivity contribution in [2.75, 3.05) is 24.1 Å². The summed E-state index contributed by atoms with van der Waals surface area (Å²) in [7, 11) is -1.70. The monoisotopic (exact) mass is 542 g/mol. The number of imidazole rings is 1. The van der Waals surface area contributed by atoms with Crippen LogP contribution in [-0.2, 0) is 17.1 Å². The first-order chi connectivity index (χ1) is 18.7. The van der Waals surface area contributed by atoms with Gasteiger partial charge in [0.2, 0.25) is 10.0 Å². The molecule has 0 aliphatic carbocycles. The van der Waals surface area contributed by atoms with E-state index in [9.17, 15) is 13.2 Å². The largest absolute Gasteiger partial charge is 0.333 e. The van der Waals surface area contributed by atoms with Crippen LogP contribution < -0.4 is 15.7 Å². The van der Waals surface area contributed by atoms with E-state index in [1.807, 2.05) is 30.3 Å². The Morgan fingerprint density at radius 1 is 0.974 bits per heavy atom. The van der Waals surface area contributed by atoms with Gasteiger partial charge in [0.25, 0.3) is 0 Å². The summed E-state index contributed by atoms with van der Waals surface area (Å²) < 4.78 is 29.6. The van der Waals surface area contributed by atoms with Crippen molar-refractivity contribution < 1.29 is 8.42 Å². The van der Waals surface area contributed by atoms with E-state index in [-0.39, 0.29) is 5.69 Å². The molecule has 0 unspecified atom stereocenters. The second-order valence-electron chi connectivity index (χ2n) is 10.2. The van der Waals surface area contributed by atoms with E-state index in [0.717, 1.165) is 70.9 Å². The van der Waals surface area contributed by atoms with E-state index < -0.39 is 10.0 Å². The van der Waals surface area contributed by atoms with Crippen LogP contribution in [0, 0.1) is 6.92 Å². The Morgan fingerprint density at radius 3 is 2.44 bits per heavy atom. The second-order valence-corrected chi connectivity index (χ2v) is 12.0. The molecule has 2 N–H and O–H groups in total. The molecule has 5 aromatic rings. The average Bonchev–Trinajstić information content (AvgIpc) is 3.19. The molecule has 10 heteroatoms. The van der Waals surface area contributed by atoms with Gasteiger partial charge in [-0.3, -0.25) is 23.8 Å². The predicted octanol–water partition coefficient (Wildman–Crippen LogP) is 4.09. The third-order valence-corrected chi connectivity index (χ3v) is 8.15. The Morgan fingerprint density at radius 2 is 1.72 bits per heavy atom. The summed E-state index contributed by atoms with van der Waals surface area (Å²) in [5.74, 6) is 0.530. The van der Waals surface area contributed by atoms with Crippen molar-refractivity contribution in [2.24, 2.45) is 7.05 Å². The number of aryl methyl sites for hydroxylation is 2. The zero-order valence-corrected chi connectivity index (χ0v) is 22.9. The lowest BCUT2D eigenvalue weighted by Crippen LogP contribution is -2.26. The fourth-order valence-corrected chi connectivity index (χ4v) is 6.07. The minimum atomic E-state index is -3.45. The van der Waals surface area contributed by atoms with E-state index >= 15 is 0 Å². The molecule has 1 aliphatic rings. The number of hydrogen-bond acceptors (Lipinski definition) is 6. The lowest BCUT2D eigenvalue weighted by molar-refractivity contribution is 0.460. The Kier molecular flexibility index (Phi) is 6.23. The van der Waals surface area contributed by atoms with Crippen LogP contribution in [0.4, 0.5) is 5.69 Å². The highest BCUT2D eigenvalue weighted by Gasteiger charge is 2.19. The topological polar surface area (TPSA) is 111 Å². The Balaban J connectivity index is 1.50. The molecule has 6 rings (SSSR count). The van der Waals surface area contributed by atoms with Crippen molar-refractivity contribution in [1.29, 1.82) is 0 Å². The van der Waals surface area contributed by atoms with Crippen LogP contribution in [-0.4, -0.2) is 46.9 Å². The minimum absolute atomic E-state index is 0.143. The molecule has 0 radical (unpaired) electrons. The molecule has 2 aromatic carbocycles. The maximum absolute atomic E-state index is 13.5. The van der Waals surface area contributed by atoms with Gasteiger partial charge in [-0.1, -0.05) is 18.2 Å². The molecule has 1 aliphatic heterocycles. The molecule has 1 fully saturated rings. The van der Waals surface area contributed by atoms with Gasteiger partial charge >= 0.3 is 5.69 Å². The number of rotatable bonds is 5. The fraction of sp³-hybridized carbons (Fsp3) is 0.276. The molecule has 39 heavy (non-hydrogen) atoms. The zero-order valence-electron chi connectivity index (χ0n) is 22.1. The van der Waals surface area contributed by atoms with Gasteiger partial charge in [0.1, 0.15) is 0 Å². The summed E-state index contributed by atoms with van der Waals surface area (Å²) >= 11 is 0. The molecular formula is C29H30N6O3S. The van der Waals surface area contributed by atoms with Gasteiger partial charge in [-0.05, 0) is 80.2 Å². The SMILES string of the molecule is Cc1ncc(-c2ccc3ncc4c(c3c2)n(-c2ccc(C3CCNCC3)cc2)c(=O)n4C)cc1NS(C)(=O)=O. The minimum Gasteiger partial charge on any atom is -0.317 e. The molecular weight excluding hydrogens is 512 g/mol. The van der Waals surface area contributed by atoms with Crippen LogP contribution in [0.3, 0.4) is 0 Å². The summed E-state index contributed by atoms with van der Waals surface area (Å²) in [4.78, 5) is 22.5. The van der Waals surface area contributed by atoms with E-state index in [1.165, 1.54) is 5.56 Å². The number of pyridine rings is 2. The van der Waals surface area contributed by atoms with E-state index in [4.69, 9.17) is 0 Å². The lowest BCUT2D eigenvalue weighted by Gasteiger charge is -2.23.